The lowest BCUT2D eigenvalue weighted by molar-refractivity contribution is 0.0737. The third kappa shape index (κ3) is 3.84. The molecule has 2 aliphatic heterocycles. The van der Waals surface area contributed by atoms with Crippen LogP contribution in [0.3, 0.4) is 0 Å². The molecule has 0 spiro atoms. The van der Waals surface area contributed by atoms with Gasteiger partial charge in [0, 0.05) is 25.2 Å². The highest BCUT2D eigenvalue weighted by Gasteiger charge is 2.33. The van der Waals surface area contributed by atoms with Gasteiger partial charge in [-0.15, -0.1) is 12.4 Å². The Bertz CT molecular complexity index is 583. The molecule has 3 N–H and O–H groups in total. The van der Waals surface area contributed by atoms with Crippen LogP contribution < -0.4 is 15.8 Å². The number of amides is 1. The summed E-state index contributed by atoms with van der Waals surface area (Å²) in [7, 11) is 1.53. The normalized spacial score (nSPS) is 26.1. The van der Waals surface area contributed by atoms with Crippen molar-refractivity contribution in [3.8, 4) is 5.75 Å². The van der Waals surface area contributed by atoms with Crippen LogP contribution in [0.15, 0.2) is 12.1 Å². The number of piperidine rings is 2. The van der Waals surface area contributed by atoms with Crippen molar-refractivity contribution in [3.63, 3.8) is 0 Å². The maximum absolute atomic E-state index is 12.6. The fourth-order valence-corrected chi connectivity index (χ4v) is 3.70. The molecular formula is C16H23Cl2N3O2. The highest BCUT2D eigenvalue weighted by atomic mass is 35.5. The first-order valence-electron chi connectivity index (χ1n) is 7.74. The van der Waals surface area contributed by atoms with Crippen LogP contribution in [-0.4, -0.2) is 43.6 Å². The van der Waals surface area contributed by atoms with Crippen molar-refractivity contribution >= 4 is 35.6 Å². The number of fused-ring (bicyclic) bond motifs is 2. The smallest absolute Gasteiger partial charge is 0.255 e. The van der Waals surface area contributed by atoms with Gasteiger partial charge in [0.15, 0.2) is 0 Å². The quantitative estimate of drug-likeness (QED) is 0.813. The molecule has 1 aromatic carbocycles. The second kappa shape index (κ2) is 7.60. The first kappa shape index (κ1) is 18.2. The molecule has 23 heavy (non-hydrogen) atoms. The van der Waals surface area contributed by atoms with Crippen molar-refractivity contribution in [3.05, 3.63) is 22.7 Å². The molecule has 128 valence electrons. The summed E-state index contributed by atoms with van der Waals surface area (Å²) < 4.78 is 5.27. The van der Waals surface area contributed by atoms with E-state index in [1.807, 2.05) is 0 Å². The highest BCUT2D eigenvalue weighted by molar-refractivity contribution is 6.33. The predicted octanol–water partition coefficient (Wildman–Crippen LogP) is 2.57. The zero-order valence-electron chi connectivity index (χ0n) is 13.2. The molecule has 1 unspecified atom stereocenters. The van der Waals surface area contributed by atoms with Crippen LogP contribution in [0.1, 0.15) is 29.6 Å². The van der Waals surface area contributed by atoms with Crippen LogP contribution in [0.4, 0.5) is 5.69 Å². The fourth-order valence-electron chi connectivity index (χ4n) is 3.53. The Labute approximate surface area is 147 Å². The van der Waals surface area contributed by atoms with Crippen molar-refractivity contribution in [1.29, 1.82) is 0 Å². The van der Waals surface area contributed by atoms with Crippen LogP contribution in [-0.2, 0) is 0 Å². The van der Waals surface area contributed by atoms with Gasteiger partial charge >= 0.3 is 0 Å². The summed E-state index contributed by atoms with van der Waals surface area (Å²) in [4.78, 5) is 15.1. The zero-order valence-corrected chi connectivity index (χ0v) is 14.8. The minimum absolute atomic E-state index is 0. The topological polar surface area (TPSA) is 67.6 Å². The van der Waals surface area contributed by atoms with Gasteiger partial charge in [0.25, 0.3) is 5.91 Å². The number of nitrogens with two attached hydrogens (primary N) is 1. The number of hydrogen-bond acceptors (Lipinski definition) is 4. The van der Waals surface area contributed by atoms with E-state index in [0.29, 0.717) is 27.9 Å². The number of ether oxygens (including phenoxy) is 1. The van der Waals surface area contributed by atoms with E-state index in [1.165, 1.54) is 26.5 Å². The van der Waals surface area contributed by atoms with E-state index in [0.717, 1.165) is 19.5 Å². The number of carbonyl (C=O) groups excluding carboxylic acids is 1. The number of nitrogens with zero attached hydrogens (tertiary/aromatic N) is 1. The van der Waals surface area contributed by atoms with Crippen LogP contribution in [0, 0.1) is 5.92 Å². The monoisotopic (exact) mass is 359 g/mol. The third-order valence-electron chi connectivity index (χ3n) is 4.75. The highest BCUT2D eigenvalue weighted by Crippen LogP contribution is 2.30. The molecule has 2 bridgehead atoms. The van der Waals surface area contributed by atoms with Crippen molar-refractivity contribution < 1.29 is 9.53 Å². The fraction of sp³-hybridized carbons (Fsp3) is 0.562. The molecule has 1 aromatic rings. The SMILES string of the molecule is COc1cc(N)c(Cl)cc1C(=O)N[C@H]1CCN2CCC[C@@H]1C2.Cl. The third-order valence-corrected chi connectivity index (χ3v) is 5.07. The Morgan fingerprint density at radius 3 is 2.91 bits per heavy atom. The van der Waals surface area contributed by atoms with Crippen LogP contribution >= 0.6 is 24.0 Å². The number of nitrogens with one attached hydrogen (secondary N) is 1. The van der Waals surface area contributed by atoms with Gasteiger partial charge in [-0.2, -0.15) is 0 Å². The summed E-state index contributed by atoms with van der Waals surface area (Å²) in [5.74, 6) is 0.866. The lowest BCUT2D eigenvalue weighted by Gasteiger charge is -2.42. The van der Waals surface area contributed by atoms with E-state index in [2.05, 4.69) is 10.2 Å². The number of carbonyl (C=O) groups is 1. The summed E-state index contributed by atoms with van der Waals surface area (Å²) in [5.41, 5.74) is 6.62. The van der Waals surface area contributed by atoms with Gasteiger partial charge in [-0.3, -0.25) is 4.79 Å². The first-order valence-corrected chi connectivity index (χ1v) is 8.12. The van der Waals surface area contributed by atoms with E-state index in [-0.39, 0.29) is 24.4 Å². The van der Waals surface area contributed by atoms with Gasteiger partial charge in [0.05, 0.1) is 23.4 Å². The number of hydrogen-bond donors (Lipinski definition) is 2. The lowest BCUT2D eigenvalue weighted by Crippen LogP contribution is -2.53. The number of halogens is 2. The molecule has 5 nitrogen and oxygen atoms in total. The van der Waals surface area contributed by atoms with Gasteiger partial charge < -0.3 is 20.7 Å². The minimum Gasteiger partial charge on any atom is -0.496 e. The summed E-state index contributed by atoms with van der Waals surface area (Å²) in [5, 5.41) is 3.54. The molecule has 0 aliphatic carbocycles. The predicted molar refractivity (Wildman–Crippen MR) is 94.7 cm³/mol. The molecule has 7 heteroatoms. The molecule has 0 saturated carbocycles. The van der Waals surface area contributed by atoms with Gasteiger partial charge in [0.1, 0.15) is 5.75 Å². The molecule has 1 amide bonds. The van der Waals surface area contributed by atoms with Crippen molar-refractivity contribution in [2.24, 2.45) is 5.92 Å². The molecule has 2 saturated heterocycles. The summed E-state index contributed by atoms with van der Waals surface area (Å²) in [6, 6.07) is 3.41. The molecule has 2 aliphatic rings. The molecule has 0 radical (unpaired) electrons. The van der Waals surface area contributed by atoms with Crippen LogP contribution in [0.25, 0.3) is 0 Å². The van der Waals surface area contributed by atoms with Gasteiger partial charge in [-0.1, -0.05) is 11.6 Å². The average molecular weight is 360 g/mol. The van der Waals surface area contributed by atoms with Crippen molar-refractivity contribution in [2.75, 3.05) is 32.5 Å². The van der Waals surface area contributed by atoms with E-state index < -0.39 is 0 Å². The standard InChI is InChI=1S/C16H22ClN3O2.ClH/c1-22-15-8-13(18)12(17)7-11(15)16(21)19-14-4-6-20-5-2-3-10(14)9-20;/h7-8,10,14H,2-6,9,18H2,1H3,(H,19,21);1H/t10-,14+;/m1./s1. The van der Waals surface area contributed by atoms with Gasteiger partial charge in [-0.05, 0) is 37.8 Å². The number of benzene rings is 1. The Hall–Kier alpha value is -1.17. The number of nitrogen functional groups attached to an aromatic ring is 1. The number of anilines is 1. The number of rotatable bonds is 3. The summed E-state index contributed by atoms with van der Waals surface area (Å²) in [6.45, 7) is 3.34. The minimum atomic E-state index is -0.136. The molecule has 0 aromatic heterocycles. The summed E-state index contributed by atoms with van der Waals surface area (Å²) >= 11 is 6.05. The van der Waals surface area contributed by atoms with E-state index in [9.17, 15) is 4.79 Å². The molecule has 3 rings (SSSR count). The molecule has 3 atom stereocenters. The molecular weight excluding hydrogens is 337 g/mol. The average Bonchev–Trinajstić information content (AvgIpc) is 2.52. The second-order valence-corrected chi connectivity index (χ2v) is 6.55. The lowest BCUT2D eigenvalue weighted by atomic mass is 9.85. The van der Waals surface area contributed by atoms with Crippen LogP contribution in [0.5, 0.6) is 5.75 Å². The summed E-state index contributed by atoms with van der Waals surface area (Å²) in [6.07, 6.45) is 3.40. The van der Waals surface area contributed by atoms with Crippen LogP contribution in [0.2, 0.25) is 5.02 Å². The van der Waals surface area contributed by atoms with Gasteiger partial charge in [0.2, 0.25) is 0 Å². The number of methoxy groups -OCH3 is 1. The second-order valence-electron chi connectivity index (χ2n) is 6.15. The van der Waals surface area contributed by atoms with Gasteiger partial charge in [-0.25, -0.2) is 0 Å². The Morgan fingerprint density at radius 1 is 1.39 bits per heavy atom. The molecule has 2 heterocycles. The maximum Gasteiger partial charge on any atom is 0.255 e. The van der Waals surface area contributed by atoms with E-state index >= 15 is 0 Å². The molecule has 2 fully saturated rings. The van der Waals surface area contributed by atoms with E-state index in [1.54, 1.807) is 12.1 Å². The largest absolute Gasteiger partial charge is 0.496 e. The van der Waals surface area contributed by atoms with Crippen molar-refractivity contribution in [2.45, 2.75) is 25.3 Å². The maximum atomic E-state index is 12.6. The zero-order chi connectivity index (χ0) is 15.7. The first-order chi connectivity index (χ1) is 10.6. The van der Waals surface area contributed by atoms with Crippen molar-refractivity contribution in [1.82, 2.24) is 10.2 Å². The Morgan fingerprint density at radius 2 is 2.17 bits per heavy atom. The Kier molecular flexibility index (Phi) is 6.00. The van der Waals surface area contributed by atoms with E-state index in [4.69, 9.17) is 22.1 Å². The Balaban J connectivity index is 0.00000192.